The zero-order valence-electron chi connectivity index (χ0n) is 11.4. The van der Waals surface area contributed by atoms with Crippen LogP contribution in [0.3, 0.4) is 0 Å². The Bertz CT molecular complexity index is 335. The summed E-state index contributed by atoms with van der Waals surface area (Å²) in [5.74, 6) is 0.391. The molecule has 1 atom stereocenters. The van der Waals surface area contributed by atoms with Gasteiger partial charge in [-0.25, -0.2) is 0 Å². The molecule has 0 amide bonds. The van der Waals surface area contributed by atoms with Gasteiger partial charge >= 0.3 is 0 Å². The first kappa shape index (κ1) is 16.2. The Morgan fingerprint density at radius 3 is 2.67 bits per heavy atom. The normalized spacial score (nSPS) is 22.6. The number of piperidine rings is 1. The zero-order valence-corrected chi connectivity index (χ0v) is 13.0. The van der Waals surface area contributed by atoms with E-state index in [0.29, 0.717) is 19.0 Å². The molecular formula is C12H25ClN2O2S. The summed E-state index contributed by atoms with van der Waals surface area (Å²) in [6.07, 6.45) is 5.98. The fourth-order valence-electron chi connectivity index (χ4n) is 2.31. The van der Waals surface area contributed by atoms with Crippen LogP contribution in [0.5, 0.6) is 0 Å². The summed E-state index contributed by atoms with van der Waals surface area (Å²) in [6, 6.07) is -0.0287. The summed E-state index contributed by atoms with van der Waals surface area (Å²) in [5.41, 5.74) is 0. The first-order valence-electron chi connectivity index (χ1n) is 6.83. The quantitative estimate of drug-likeness (QED) is 0.535. The van der Waals surface area contributed by atoms with Crippen molar-refractivity contribution in [1.82, 2.24) is 8.61 Å². The van der Waals surface area contributed by atoms with E-state index < -0.39 is 10.2 Å². The summed E-state index contributed by atoms with van der Waals surface area (Å²) in [4.78, 5) is 0. The Balaban J connectivity index is 2.65. The topological polar surface area (TPSA) is 40.6 Å². The largest absolute Gasteiger partial charge is 0.282 e. The predicted molar refractivity (Wildman–Crippen MR) is 76.1 cm³/mol. The minimum absolute atomic E-state index is 0.0287. The Morgan fingerprint density at radius 1 is 1.33 bits per heavy atom. The van der Waals surface area contributed by atoms with Gasteiger partial charge < -0.3 is 0 Å². The molecule has 0 spiro atoms. The lowest BCUT2D eigenvalue weighted by Crippen LogP contribution is -2.50. The SMILES string of the molecule is CCCCCN(C)S(=O)(=O)N1CCCCC1CCl. The summed E-state index contributed by atoms with van der Waals surface area (Å²) in [6.45, 7) is 3.32. The summed E-state index contributed by atoms with van der Waals surface area (Å²) < 4.78 is 28.0. The van der Waals surface area contributed by atoms with Crippen LogP contribution in [-0.4, -0.2) is 49.1 Å². The minimum atomic E-state index is -3.32. The highest BCUT2D eigenvalue weighted by atomic mass is 35.5. The van der Waals surface area contributed by atoms with Gasteiger partial charge in [-0.1, -0.05) is 26.2 Å². The van der Waals surface area contributed by atoms with E-state index in [1.54, 1.807) is 11.4 Å². The number of alkyl halides is 1. The molecule has 108 valence electrons. The van der Waals surface area contributed by atoms with Crippen molar-refractivity contribution in [2.45, 2.75) is 51.5 Å². The van der Waals surface area contributed by atoms with Crippen LogP contribution in [0, 0.1) is 0 Å². The van der Waals surface area contributed by atoms with Crippen LogP contribution in [0.2, 0.25) is 0 Å². The Kier molecular flexibility index (Phi) is 6.92. The van der Waals surface area contributed by atoms with E-state index in [-0.39, 0.29) is 6.04 Å². The fourth-order valence-corrected chi connectivity index (χ4v) is 4.35. The molecule has 6 heteroatoms. The van der Waals surface area contributed by atoms with Crippen LogP contribution >= 0.6 is 11.6 Å². The van der Waals surface area contributed by atoms with Crippen LogP contribution in [0.4, 0.5) is 0 Å². The van der Waals surface area contributed by atoms with E-state index in [0.717, 1.165) is 38.5 Å². The molecular weight excluding hydrogens is 272 g/mol. The molecule has 0 bridgehead atoms. The predicted octanol–water partition coefficient (Wildman–Crippen LogP) is 2.45. The van der Waals surface area contributed by atoms with Gasteiger partial charge in [-0.2, -0.15) is 17.0 Å². The molecule has 1 aliphatic rings. The van der Waals surface area contributed by atoms with Gasteiger partial charge in [-0.3, -0.25) is 0 Å². The Hall–Kier alpha value is 0.160. The fraction of sp³-hybridized carbons (Fsp3) is 1.00. The van der Waals surface area contributed by atoms with E-state index in [1.165, 1.54) is 4.31 Å². The van der Waals surface area contributed by atoms with Crippen molar-refractivity contribution in [1.29, 1.82) is 0 Å². The minimum Gasteiger partial charge on any atom is -0.195 e. The van der Waals surface area contributed by atoms with Gasteiger partial charge in [0.15, 0.2) is 0 Å². The van der Waals surface area contributed by atoms with E-state index in [4.69, 9.17) is 11.6 Å². The summed E-state index contributed by atoms with van der Waals surface area (Å²) in [7, 11) is -1.65. The maximum Gasteiger partial charge on any atom is 0.282 e. The summed E-state index contributed by atoms with van der Waals surface area (Å²) >= 11 is 5.89. The lowest BCUT2D eigenvalue weighted by atomic mass is 10.1. The Morgan fingerprint density at radius 2 is 2.06 bits per heavy atom. The van der Waals surface area contributed by atoms with Crippen LogP contribution in [0.15, 0.2) is 0 Å². The first-order chi connectivity index (χ1) is 8.54. The van der Waals surface area contributed by atoms with Crippen molar-refractivity contribution in [3.63, 3.8) is 0 Å². The van der Waals surface area contributed by atoms with Gasteiger partial charge in [-0.15, -0.1) is 11.6 Å². The molecule has 0 N–H and O–H groups in total. The highest BCUT2D eigenvalue weighted by Gasteiger charge is 2.34. The van der Waals surface area contributed by atoms with Gasteiger partial charge in [0.25, 0.3) is 10.2 Å². The van der Waals surface area contributed by atoms with Crippen LogP contribution in [0.25, 0.3) is 0 Å². The number of nitrogens with zero attached hydrogens (tertiary/aromatic N) is 2. The first-order valence-corrected chi connectivity index (χ1v) is 8.76. The van der Waals surface area contributed by atoms with E-state index in [9.17, 15) is 8.42 Å². The second-order valence-corrected chi connectivity index (χ2v) is 7.25. The van der Waals surface area contributed by atoms with Gasteiger partial charge in [-0.05, 0) is 19.3 Å². The lowest BCUT2D eigenvalue weighted by Gasteiger charge is -2.36. The monoisotopic (exact) mass is 296 g/mol. The van der Waals surface area contributed by atoms with Crippen LogP contribution in [-0.2, 0) is 10.2 Å². The Labute approximate surface area is 116 Å². The zero-order chi connectivity index (χ0) is 13.6. The molecule has 0 saturated carbocycles. The van der Waals surface area contributed by atoms with Gasteiger partial charge in [0.1, 0.15) is 0 Å². The van der Waals surface area contributed by atoms with Crippen molar-refractivity contribution >= 4 is 21.8 Å². The third-order valence-corrected chi connectivity index (χ3v) is 5.92. The molecule has 0 aromatic carbocycles. The molecule has 1 heterocycles. The van der Waals surface area contributed by atoms with Crippen LogP contribution in [0.1, 0.15) is 45.4 Å². The molecule has 0 aromatic heterocycles. The molecule has 1 saturated heterocycles. The number of hydrogen-bond acceptors (Lipinski definition) is 2. The van der Waals surface area contributed by atoms with Crippen molar-refractivity contribution in [3.05, 3.63) is 0 Å². The average molecular weight is 297 g/mol. The van der Waals surface area contributed by atoms with Crippen molar-refractivity contribution in [3.8, 4) is 0 Å². The standard InChI is InChI=1S/C12H25ClN2O2S/c1-3-4-6-9-14(2)18(16,17)15-10-7-5-8-12(15)11-13/h12H,3-11H2,1-2H3. The highest BCUT2D eigenvalue weighted by Crippen LogP contribution is 2.23. The maximum absolute atomic E-state index is 12.4. The smallest absolute Gasteiger partial charge is 0.195 e. The molecule has 1 unspecified atom stereocenters. The summed E-state index contributed by atoms with van der Waals surface area (Å²) in [5, 5.41) is 0. The van der Waals surface area contributed by atoms with Crippen LogP contribution < -0.4 is 0 Å². The lowest BCUT2D eigenvalue weighted by molar-refractivity contribution is 0.252. The van der Waals surface area contributed by atoms with Crippen molar-refractivity contribution in [2.24, 2.45) is 0 Å². The highest BCUT2D eigenvalue weighted by molar-refractivity contribution is 7.86. The molecule has 1 aliphatic heterocycles. The maximum atomic E-state index is 12.4. The number of unbranched alkanes of at least 4 members (excludes halogenated alkanes) is 2. The average Bonchev–Trinajstić information content (AvgIpc) is 2.38. The molecule has 4 nitrogen and oxygen atoms in total. The second-order valence-electron chi connectivity index (χ2n) is 4.95. The molecule has 1 fully saturated rings. The molecule has 1 rings (SSSR count). The van der Waals surface area contributed by atoms with E-state index in [1.807, 2.05) is 0 Å². The molecule has 0 aliphatic carbocycles. The third-order valence-electron chi connectivity index (χ3n) is 3.52. The van der Waals surface area contributed by atoms with Crippen molar-refractivity contribution in [2.75, 3.05) is 26.0 Å². The number of rotatable bonds is 7. The molecule has 18 heavy (non-hydrogen) atoms. The van der Waals surface area contributed by atoms with E-state index in [2.05, 4.69) is 6.92 Å². The van der Waals surface area contributed by atoms with Gasteiger partial charge in [0, 0.05) is 32.1 Å². The third kappa shape index (κ3) is 4.08. The second kappa shape index (κ2) is 7.68. The van der Waals surface area contributed by atoms with Gasteiger partial charge in [0.2, 0.25) is 0 Å². The number of halogens is 1. The molecule has 0 radical (unpaired) electrons. The van der Waals surface area contributed by atoms with E-state index >= 15 is 0 Å². The number of hydrogen-bond donors (Lipinski definition) is 0. The molecule has 0 aromatic rings. The van der Waals surface area contributed by atoms with Gasteiger partial charge in [0.05, 0.1) is 0 Å². The van der Waals surface area contributed by atoms with Crippen molar-refractivity contribution < 1.29 is 8.42 Å².